The largest absolute Gasteiger partial charge is 0.503 e. The van der Waals surface area contributed by atoms with Gasteiger partial charge in [0, 0.05) is 25.3 Å². The van der Waals surface area contributed by atoms with E-state index >= 15 is 0 Å². The minimum absolute atomic E-state index is 0.103. The van der Waals surface area contributed by atoms with Crippen LogP contribution in [0, 0.1) is 5.92 Å². The predicted octanol–water partition coefficient (Wildman–Crippen LogP) is 6.53. The van der Waals surface area contributed by atoms with E-state index in [1.165, 1.54) is 29.0 Å². The van der Waals surface area contributed by atoms with E-state index in [-0.39, 0.29) is 18.4 Å². The molecule has 0 bridgehead atoms. The first-order valence-electron chi connectivity index (χ1n) is 15.6. The van der Waals surface area contributed by atoms with Crippen LogP contribution < -0.4 is 10.1 Å². The fourth-order valence-electron chi connectivity index (χ4n) is 5.55. The summed E-state index contributed by atoms with van der Waals surface area (Å²) < 4.78 is 16.5. The van der Waals surface area contributed by atoms with E-state index in [2.05, 4.69) is 71.1 Å². The zero-order chi connectivity index (χ0) is 33.3. The van der Waals surface area contributed by atoms with Gasteiger partial charge in [0.1, 0.15) is 5.75 Å². The van der Waals surface area contributed by atoms with E-state index in [9.17, 15) is 4.79 Å². The second kappa shape index (κ2) is 18.9. The number of oxime groups is 1. The third-order valence-electron chi connectivity index (χ3n) is 7.82. The summed E-state index contributed by atoms with van der Waals surface area (Å²) in [5, 5.41) is 24.4. The summed E-state index contributed by atoms with van der Waals surface area (Å²) in [7, 11) is 1.35. The Morgan fingerprint density at radius 3 is 2.34 bits per heavy atom. The number of methoxy groups -OCH3 is 1. The maximum Gasteiger partial charge on any atom is 0.503 e. The Morgan fingerprint density at radius 1 is 0.872 bits per heavy atom. The van der Waals surface area contributed by atoms with Gasteiger partial charge in [0.15, 0.2) is 0 Å². The number of hydrogen-bond donors (Lipinski definition) is 3. The van der Waals surface area contributed by atoms with Crippen molar-refractivity contribution in [1.82, 2.24) is 5.32 Å². The highest BCUT2D eigenvalue weighted by Crippen LogP contribution is 2.33. The summed E-state index contributed by atoms with van der Waals surface area (Å²) in [4.78, 5) is 25.8. The number of nitrogens with one attached hydrogen (secondary N) is 1. The van der Waals surface area contributed by atoms with Crippen LogP contribution in [0.25, 0.3) is 10.8 Å². The monoisotopic (exact) mass is 642 g/mol. The van der Waals surface area contributed by atoms with Crippen LogP contribution in [-0.2, 0) is 32.1 Å². The number of esters is 1. The number of carbonyl (C=O) groups is 2. The van der Waals surface area contributed by atoms with Crippen molar-refractivity contribution in [2.24, 2.45) is 11.1 Å². The molecule has 10 heteroatoms. The van der Waals surface area contributed by atoms with Gasteiger partial charge < -0.3 is 34.6 Å². The van der Waals surface area contributed by atoms with Crippen molar-refractivity contribution in [3.8, 4) is 5.75 Å². The highest BCUT2D eigenvalue weighted by Gasteiger charge is 2.31. The Balaban J connectivity index is 0.00000118. The molecule has 4 aromatic carbocycles. The topological polar surface area (TPSA) is 136 Å². The fraction of sp³-hybridized carbons (Fsp3) is 0.324. The molecule has 0 radical (unpaired) electrons. The standard InChI is InChI=1S/C36H40N2O5.CH2O3/c1-40-36(39)26-43-38-35(23-28-12-13-29-10-5-6-11-31(29)22-28)34-24-37-19-18-33(34)30-14-16-32(17-15-30)42-21-7-20-41-25-27-8-3-2-4-9-27;2-1(3)4/h2-6,8-17,22,33-34,37H,7,18-21,23-26H2,1H3;(H2,2,3,4)/b38-35-;. The minimum Gasteiger partial charge on any atom is -0.494 e. The van der Waals surface area contributed by atoms with Gasteiger partial charge in [-0.25, -0.2) is 9.59 Å². The summed E-state index contributed by atoms with van der Waals surface area (Å²) in [5.74, 6) is 0.753. The van der Waals surface area contributed by atoms with Crippen LogP contribution >= 0.6 is 0 Å². The molecule has 4 aromatic rings. The van der Waals surface area contributed by atoms with Gasteiger partial charge in [-0.2, -0.15) is 0 Å². The summed E-state index contributed by atoms with van der Waals surface area (Å²) in [5.41, 5.74) is 4.48. The van der Waals surface area contributed by atoms with Crippen molar-refractivity contribution < 1.29 is 38.9 Å². The first-order valence-corrected chi connectivity index (χ1v) is 15.6. The molecular formula is C37H42N2O8. The number of nitrogens with zero attached hydrogens (tertiary/aromatic N) is 1. The molecule has 47 heavy (non-hydrogen) atoms. The average molecular weight is 643 g/mol. The van der Waals surface area contributed by atoms with Crippen LogP contribution in [-0.4, -0.2) is 68.1 Å². The molecule has 1 aliphatic rings. The van der Waals surface area contributed by atoms with Crippen molar-refractivity contribution in [1.29, 1.82) is 0 Å². The van der Waals surface area contributed by atoms with Crippen LogP contribution in [0.3, 0.4) is 0 Å². The molecule has 2 unspecified atom stereocenters. The Morgan fingerprint density at radius 2 is 1.60 bits per heavy atom. The number of fused-ring (bicyclic) bond motifs is 1. The van der Waals surface area contributed by atoms with Gasteiger partial charge >= 0.3 is 12.1 Å². The number of piperidine rings is 1. The Kier molecular flexibility index (Phi) is 14.0. The van der Waals surface area contributed by atoms with Gasteiger partial charge in [0.05, 0.1) is 32.6 Å². The van der Waals surface area contributed by atoms with Crippen molar-refractivity contribution in [3.05, 3.63) is 114 Å². The summed E-state index contributed by atoms with van der Waals surface area (Å²) >= 11 is 0. The Bertz CT molecular complexity index is 1570. The number of ether oxygens (including phenoxy) is 3. The zero-order valence-corrected chi connectivity index (χ0v) is 26.5. The SMILES string of the molecule is COC(=O)CO/N=C(/Cc1ccc2ccccc2c1)C1CNCCC1c1ccc(OCCCOCc2ccccc2)cc1.O=C(O)O. The number of benzene rings is 4. The molecule has 10 nitrogen and oxygen atoms in total. The summed E-state index contributed by atoms with van der Waals surface area (Å²) in [6, 6.07) is 33.4. The molecule has 2 atom stereocenters. The maximum atomic E-state index is 11.7. The second-order valence-corrected chi connectivity index (χ2v) is 11.1. The van der Waals surface area contributed by atoms with E-state index in [1.807, 2.05) is 36.4 Å². The van der Waals surface area contributed by atoms with Crippen molar-refractivity contribution in [2.45, 2.75) is 31.8 Å². The lowest BCUT2D eigenvalue weighted by atomic mass is 9.77. The molecule has 0 spiro atoms. The average Bonchev–Trinajstić information content (AvgIpc) is 3.09. The van der Waals surface area contributed by atoms with E-state index in [0.717, 1.165) is 43.0 Å². The number of carboxylic acid groups (broad SMARTS) is 2. The highest BCUT2D eigenvalue weighted by molar-refractivity contribution is 5.91. The van der Waals surface area contributed by atoms with Crippen molar-refractivity contribution in [3.63, 3.8) is 0 Å². The first kappa shape index (κ1) is 34.9. The molecule has 1 fully saturated rings. The molecule has 1 heterocycles. The van der Waals surface area contributed by atoms with Crippen LogP contribution in [0.15, 0.2) is 102 Å². The molecule has 248 valence electrons. The second-order valence-electron chi connectivity index (χ2n) is 11.1. The van der Waals surface area contributed by atoms with Gasteiger partial charge in [0.25, 0.3) is 0 Å². The van der Waals surface area contributed by atoms with Crippen molar-refractivity contribution >= 4 is 28.6 Å². The summed E-state index contributed by atoms with van der Waals surface area (Å²) in [6.45, 7) is 3.36. The van der Waals surface area contributed by atoms with E-state index in [4.69, 9.17) is 34.1 Å². The minimum atomic E-state index is -1.83. The lowest BCUT2D eigenvalue weighted by Gasteiger charge is -2.33. The number of hydrogen-bond acceptors (Lipinski definition) is 8. The van der Waals surface area contributed by atoms with E-state index in [0.29, 0.717) is 26.2 Å². The predicted molar refractivity (Wildman–Crippen MR) is 180 cm³/mol. The molecule has 0 saturated carbocycles. The molecule has 5 rings (SSSR count). The number of rotatable bonds is 14. The summed E-state index contributed by atoms with van der Waals surface area (Å²) in [6.07, 6.45) is 0.588. The van der Waals surface area contributed by atoms with Gasteiger partial charge in [-0.15, -0.1) is 0 Å². The van der Waals surface area contributed by atoms with Crippen LogP contribution in [0.2, 0.25) is 0 Å². The Hall–Kier alpha value is -4.93. The van der Waals surface area contributed by atoms with Crippen LogP contribution in [0.5, 0.6) is 5.75 Å². The third-order valence-corrected chi connectivity index (χ3v) is 7.82. The van der Waals surface area contributed by atoms with E-state index < -0.39 is 12.1 Å². The van der Waals surface area contributed by atoms with Crippen LogP contribution in [0.1, 0.15) is 35.4 Å². The van der Waals surface area contributed by atoms with Crippen LogP contribution in [0.4, 0.5) is 4.79 Å². The Labute approximate surface area is 274 Å². The third kappa shape index (κ3) is 11.7. The number of carbonyl (C=O) groups excluding carboxylic acids is 1. The van der Waals surface area contributed by atoms with Gasteiger partial charge in [-0.3, -0.25) is 0 Å². The maximum absolute atomic E-state index is 11.7. The molecule has 0 aliphatic carbocycles. The zero-order valence-electron chi connectivity index (χ0n) is 26.5. The fourth-order valence-corrected chi connectivity index (χ4v) is 5.55. The molecule has 1 aliphatic heterocycles. The molecule has 1 saturated heterocycles. The molecule has 0 aromatic heterocycles. The van der Waals surface area contributed by atoms with E-state index in [1.54, 1.807) is 0 Å². The lowest BCUT2D eigenvalue weighted by molar-refractivity contribution is -0.145. The van der Waals surface area contributed by atoms with Gasteiger partial charge in [0.2, 0.25) is 6.61 Å². The van der Waals surface area contributed by atoms with Gasteiger partial charge in [-0.05, 0) is 58.5 Å². The normalized spacial score (nSPS) is 16.1. The molecule has 3 N–H and O–H groups in total. The molecule has 0 amide bonds. The van der Waals surface area contributed by atoms with Gasteiger partial charge in [-0.1, -0.05) is 90.1 Å². The smallest absolute Gasteiger partial charge is 0.494 e. The van der Waals surface area contributed by atoms with Crippen molar-refractivity contribution in [2.75, 3.05) is 40.0 Å². The quantitative estimate of drug-likeness (QED) is 0.0607. The molecular weight excluding hydrogens is 600 g/mol. The highest BCUT2D eigenvalue weighted by atomic mass is 16.6. The lowest BCUT2D eigenvalue weighted by Crippen LogP contribution is -2.40. The first-order chi connectivity index (χ1) is 22.9.